The summed E-state index contributed by atoms with van der Waals surface area (Å²) in [6.07, 6.45) is 6.70. The highest BCUT2D eigenvalue weighted by Gasteiger charge is 2.58. The zero-order chi connectivity index (χ0) is 16.9. The van der Waals surface area contributed by atoms with Crippen LogP contribution in [0.4, 0.5) is 4.39 Å². The minimum absolute atomic E-state index is 0.212. The van der Waals surface area contributed by atoms with E-state index >= 15 is 0 Å². The molecule has 3 atom stereocenters. The standard InChI is InChI=1S/C20H28FNO2/c1-13(22-11-14-3-4-18(24-2)17(21)6-14)19-7-15-5-16(8-19)10-20(23,9-15)12-19/h3-4,6,13,15-16,22-23H,5,7-12H2,1-2H3. The Hall–Kier alpha value is -1.13. The molecule has 3 nitrogen and oxygen atoms in total. The molecule has 0 spiro atoms. The van der Waals surface area contributed by atoms with Crippen LogP contribution in [0.5, 0.6) is 5.75 Å². The molecule has 4 aliphatic carbocycles. The van der Waals surface area contributed by atoms with Gasteiger partial charge in [0.15, 0.2) is 11.6 Å². The van der Waals surface area contributed by atoms with Crippen molar-refractivity contribution >= 4 is 0 Å². The normalized spacial score (nSPS) is 38.3. The highest BCUT2D eigenvalue weighted by molar-refractivity contribution is 5.29. The Balaban J connectivity index is 1.45. The number of halogens is 1. The molecule has 0 amide bonds. The van der Waals surface area contributed by atoms with Gasteiger partial charge in [-0.25, -0.2) is 4.39 Å². The lowest BCUT2D eigenvalue weighted by molar-refractivity contribution is -0.172. The molecule has 2 N–H and O–H groups in total. The molecule has 3 unspecified atom stereocenters. The quantitative estimate of drug-likeness (QED) is 0.864. The third kappa shape index (κ3) is 2.74. The summed E-state index contributed by atoms with van der Waals surface area (Å²) in [7, 11) is 1.48. The van der Waals surface area contributed by atoms with Crippen molar-refractivity contribution in [3.05, 3.63) is 29.6 Å². The number of methoxy groups -OCH3 is 1. The molecule has 4 fully saturated rings. The summed E-state index contributed by atoms with van der Waals surface area (Å²) < 4.78 is 18.8. The summed E-state index contributed by atoms with van der Waals surface area (Å²) in [6, 6.07) is 5.48. The third-order valence-electron chi connectivity index (χ3n) is 6.82. The minimum atomic E-state index is -0.424. The van der Waals surface area contributed by atoms with Gasteiger partial charge in [0, 0.05) is 12.6 Å². The van der Waals surface area contributed by atoms with E-state index in [1.54, 1.807) is 12.1 Å². The van der Waals surface area contributed by atoms with Gasteiger partial charge in [-0.15, -0.1) is 0 Å². The van der Waals surface area contributed by atoms with Crippen LogP contribution in [0.1, 0.15) is 51.0 Å². The molecule has 0 saturated heterocycles. The van der Waals surface area contributed by atoms with Crippen LogP contribution in [-0.2, 0) is 6.54 Å². The molecular formula is C20H28FNO2. The Morgan fingerprint density at radius 3 is 2.58 bits per heavy atom. The second-order valence-corrected chi connectivity index (χ2v) is 8.62. The average Bonchev–Trinajstić information content (AvgIpc) is 2.50. The highest BCUT2D eigenvalue weighted by atomic mass is 19.1. The van der Waals surface area contributed by atoms with Gasteiger partial charge >= 0.3 is 0 Å². The SMILES string of the molecule is COc1ccc(CNC(C)C23CC4CC(CC(O)(C4)C2)C3)cc1F. The van der Waals surface area contributed by atoms with E-state index in [9.17, 15) is 9.50 Å². The zero-order valence-electron chi connectivity index (χ0n) is 14.6. The lowest BCUT2D eigenvalue weighted by Crippen LogP contribution is -2.61. The Bertz CT molecular complexity index is 618. The van der Waals surface area contributed by atoms with E-state index in [1.165, 1.54) is 26.4 Å². The molecule has 0 aliphatic heterocycles. The summed E-state index contributed by atoms with van der Waals surface area (Å²) in [5, 5.41) is 14.5. The number of aliphatic hydroxyl groups is 1. The van der Waals surface area contributed by atoms with Gasteiger partial charge in [-0.3, -0.25) is 0 Å². The maximum Gasteiger partial charge on any atom is 0.165 e. The van der Waals surface area contributed by atoms with Crippen LogP contribution in [0.15, 0.2) is 18.2 Å². The Morgan fingerprint density at radius 2 is 2.00 bits per heavy atom. The van der Waals surface area contributed by atoms with Gasteiger partial charge < -0.3 is 15.2 Å². The Morgan fingerprint density at radius 1 is 1.29 bits per heavy atom. The van der Waals surface area contributed by atoms with Crippen molar-refractivity contribution in [1.29, 1.82) is 0 Å². The van der Waals surface area contributed by atoms with Gasteiger partial charge in [0.05, 0.1) is 12.7 Å². The van der Waals surface area contributed by atoms with Crippen molar-refractivity contribution in [2.75, 3.05) is 7.11 Å². The summed E-state index contributed by atoms with van der Waals surface area (Å²) in [5.41, 5.74) is 0.722. The monoisotopic (exact) mass is 333 g/mol. The van der Waals surface area contributed by atoms with Gasteiger partial charge in [0.1, 0.15) is 0 Å². The zero-order valence-corrected chi connectivity index (χ0v) is 14.6. The second-order valence-electron chi connectivity index (χ2n) is 8.62. The Kier molecular flexibility index (Phi) is 3.88. The molecule has 132 valence electrons. The van der Waals surface area contributed by atoms with E-state index in [0.717, 1.165) is 24.8 Å². The van der Waals surface area contributed by atoms with Crippen LogP contribution >= 0.6 is 0 Å². The van der Waals surface area contributed by atoms with Crippen LogP contribution in [0, 0.1) is 23.1 Å². The van der Waals surface area contributed by atoms with Gasteiger partial charge in [-0.05, 0) is 80.4 Å². The molecule has 1 aromatic rings. The van der Waals surface area contributed by atoms with Gasteiger partial charge in [-0.1, -0.05) is 6.07 Å². The van der Waals surface area contributed by atoms with Gasteiger partial charge in [0.2, 0.25) is 0 Å². The van der Waals surface area contributed by atoms with Crippen molar-refractivity contribution in [2.45, 2.75) is 63.6 Å². The molecule has 0 heterocycles. The maximum absolute atomic E-state index is 13.9. The van der Waals surface area contributed by atoms with Crippen LogP contribution < -0.4 is 10.1 Å². The molecule has 0 aromatic heterocycles. The average molecular weight is 333 g/mol. The van der Waals surface area contributed by atoms with Crippen molar-refractivity contribution < 1.29 is 14.2 Å². The molecular weight excluding hydrogens is 305 g/mol. The van der Waals surface area contributed by atoms with Crippen LogP contribution in [0.3, 0.4) is 0 Å². The summed E-state index contributed by atoms with van der Waals surface area (Å²) >= 11 is 0. The van der Waals surface area contributed by atoms with Crippen LogP contribution in [-0.4, -0.2) is 23.9 Å². The van der Waals surface area contributed by atoms with Crippen molar-refractivity contribution in [2.24, 2.45) is 17.3 Å². The first kappa shape index (κ1) is 16.3. The number of hydrogen-bond acceptors (Lipinski definition) is 3. The minimum Gasteiger partial charge on any atom is -0.494 e. The molecule has 4 bridgehead atoms. The summed E-state index contributed by atoms with van der Waals surface area (Å²) in [4.78, 5) is 0. The van der Waals surface area contributed by atoms with Crippen molar-refractivity contribution in [3.8, 4) is 5.75 Å². The Labute approximate surface area is 143 Å². The van der Waals surface area contributed by atoms with Gasteiger partial charge in [0.25, 0.3) is 0 Å². The first-order valence-electron chi connectivity index (χ1n) is 9.20. The number of nitrogens with one attached hydrogen (secondary N) is 1. The first-order valence-corrected chi connectivity index (χ1v) is 9.20. The van der Waals surface area contributed by atoms with Gasteiger partial charge in [-0.2, -0.15) is 0 Å². The number of hydrogen-bond donors (Lipinski definition) is 2. The molecule has 5 rings (SSSR count). The first-order chi connectivity index (χ1) is 11.4. The lowest BCUT2D eigenvalue weighted by atomic mass is 9.46. The van der Waals surface area contributed by atoms with E-state index in [0.29, 0.717) is 24.4 Å². The molecule has 4 saturated carbocycles. The maximum atomic E-state index is 13.9. The molecule has 24 heavy (non-hydrogen) atoms. The fourth-order valence-corrected chi connectivity index (χ4v) is 6.10. The summed E-state index contributed by atoms with van der Waals surface area (Å²) in [6.45, 7) is 2.90. The van der Waals surface area contributed by atoms with E-state index < -0.39 is 5.60 Å². The van der Waals surface area contributed by atoms with E-state index in [2.05, 4.69) is 12.2 Å². The topological polar surface area (TPSA) is 41.5 Å². The van der Waals surface area contributed by atoms with Crippen LogP contribution in [0.2, 0.25) is 0 Å². The van der Waals surface area contributed by atoms with Crippen molar-refractivity contribution in [1.82, 2.24) is 5.32 Å². The second kappa shape index (κ2) is 5.70. The fraction of sp³-hybridized carbons (Fsp3) is 0.700. The van der Waals surface area contributed by atoms with E-state index in [4.69, 9.17) is 4.74 Å². The third-order valence-corrected chi connectivity index (χ3v) is 6.82. The number of rotatable bonds is 5. The van der Waals surface area contributed by atoms with E-state index in [-0.39, 0.29) is 17.0 Å². The molecule has 0 radical (unpaired) electrons. The predicted octanol–water partition coefficient (Wildman–Crippen LogP) is 3.64. The summed E-state index contributed by atoms with van der Waals surface area (Å²) in [5.74, 6) is 1.36. The molecule has 4 heteroatoms. The highest BCUT2D eigenvalue weighted by Crippen LogP contribution is 2.62. The number of benzene rings is 1. The van der Waals surface area contributed by atoms with Crippen LogP contribution in [0.25, 0.3) is 0 Å². The fourth-order valence-electron chi connectivity index (χ4n) is 6.10. The lowest BCUT2D eigenvalue weighted by Gasteiger charge is -2.62. The largest absolute Gasteiger partial charge is 0.494 e. The molecule has 1 aromatic carbocycles. The number of ether oxygens (including phenoxy) is 1. The smallest absolute Gasteiger partial charge is 0.165 e. The molecule has 4 aliphatic rings. The predicted molar refractivity (Wildman–Crippen MR) is 91.3 cm³/mol. The van der Waals surface area contributed by atoms with Crippen molar-refractivity contribution in [3.63, 3.8) is 0 Å². The van der Waals surface area contributed by atoms with E-state index in [1.807, 2.05) is 6.07 Å².